The van der Waals surface area contributed by atoms with Gasteiger partial charge in [0.25, 0.3) is 0 Å². The van der Waals surface area contributed by atoms with E-state index in [4.69, 9.17) is 5.73 Å². The van der Waals surface area contributed by atoms with Gasteiger partial charge in [0.2, 0.25) is 0 Å². The molecule has 0 spiro atoms. The van der Waals surface area contributed by atoms with Crippen molar-refractivity contribution in [2.75, 3.05) is 12.3 Å². The summed E-state index contributed by atoms with van der Waals surface area (Å²) in [5.74, 6) is 1.07. The van der Waals surface area contributed by atoms with Crippen molar-refractivity contribution < 1.29 is 0 Å². The van der Waals surface area contributed by atoms with Crippen molar-refractivity contribution in [2.24, 2.45) is 5.73 Å². The Hall–Kier alpha value is 0.0500. The average Bonchev–Trinajstić information content (AvgIpc) is 1.85. The molecule has 10 heavy (non-hydrogen) atoms. The van der Waals surface area contributed by atoms with Crippen molar-refractivity contribution in [3.63, 3.8) is 0 Å². The molecule has 0 fully saturated rings. The second-order valence-electron chi connectivity index (χ2n) is 2.66. The lowest BCUT2D eigenvalue weighted by molar-refractivity contribution is 0.824. The standard InChI is InChI=1S/C8H17NS/c1-7(2)6-10-8(3)4-5-9/h8H,1,4-6,9H2,2-3H3. The molecule has 0 amide bonds. The Morgan fingerprint density at radius 3 is 2.70 bits per heavy atom. The van der Waals surface area contributed by atoms with E-state index in [1.165, 1.54) is 5.57 Å². The van der Waals surface area contributed by atoms with Crippen LogP contribution in [0.4, 0.5) is 0 Å². The molecule has 0 aliphatic carbocycles. The van der Waals surface area contributed by atoms with Crippen LogP contribution < -0.4 is 5.73 Å². The Morgan fingerprint density at radius 1 is 1.70 bits per heavy atom. The molecule has 0 aromatic carbocycles. The maximum atomic E-state index is 5.40. The summed E-state index contributed by atoms with van der Waals surface area (Å²) in [6, 6.07) is 0. The Labute approximate surface area is 68.1 Å². The summed E-state index contributed by atoms with van der Waals surface area (Å²) in [6.45, 7) is 8.90. The molecule has 0 saturated carbocycles. The third-order valence-electron chi connectivity index (χ3n) is 1.19. The molecule has 0 rings (SSSR count). The van der Waals surface area contributed by atoms with E-state index in [2.05, 4.69) is 20.4 Å². The van der Waals surface area contributed by atoms with Crippen molar-refractivity contribution in [3.05, 3.63) is 12.2 Å². The van der Waals surface area contributed by atoms with Gasteiger partial charge in [0, 0.05) is 11.0 Å². The zero-order valence-electron chi connectivity index (χ0n) is 6.89. The van der Waals surface area contributed by atoms with Gasteiger partial charge in [-0.2, -0.15) is 11.8 Å². The van der Waals surface area contributed by atoms with Gasteiger partial charge >= 0.3 is 0 Å². The van der Waals surface area contributed by atoms with Crippen LogP contribution in [0.15, 0.2) is 12.2 Å². The second-order valence-corrected chi connectivity index (χ2v) is 4.08. The third-order valence-corrected chi connectivity index (χ3v) is 2.65. The highest BCUT2D eigenvalue weighted by Gasteiger charge is 1.99. The quantitative estimate of drug-likeness (QED) is 0.621. The summed E-state index contributed by atoms with van der Waals surface area (Å²) < 4.78 is 0. The zero-order chi connectivity index (χ0) is 7.98. The molecule has 1 unspecified atom stereocenters. The van der Waals surface area contributed by atoms with Gasteiger partial charge in [-0.25, -0.2) is 0 Å². The molecule has 0 bridgehead atoms. The van der Waals surface area contributed by atoms with Crippen molar-refractivity contribution in [3.8, 4) is 0 Å². The number of nitrogens with two attached hydrogens (primary N) is 1. The molecular weight excluding hydrogens is 142 g/mol. The summed E-state index contributed by atoms with van der Waals surface area (Å²) in [6.07, 6.45) is 1.11. The van der Waals surface area contributed by atoms with E-state index in [0.29, 0.717) is 5.25 Å². The Balaban J connectivity index is 3.21. The average molecular weight is 159 g/mol. The van der Waals surface area contributed by atoms with E-state index in [0.717, 1.165) is 18.7 Å². The highest BCUT2D eigenvalue weighted by atomic mass is 32.2. The first-order valence-corrected chi connectivity index (χ1v) is 4.67. The number of hydrogen-bond donors (Lipinski definition) is 1. The van der Waals surface area contributed by atoms with E-state index >= 15 is 0 Å². The van der Waals surface area contributed by atoms with Gasteiger partial charge in [-0.3, -0.25) is 0 Å². The van der Waals surface area contributed by atoms with Crippen LogP contribution >= 0.6 is 11.8 Å². The predicted molar refractivity (Wildman–Crippen MR) is 50.4 cm³/mol. The summed E-state index contributed by atoms with van der Waals surface area (Å²) in [5.41, 5.74) is 6.64. The van der Waals surface area contributed by atoms with Crippen LogP contribution in [0.2, 0.25) is 0 Å². The normalized spacial score (nSPS) is 13.1. The maximum absolute atomic E-state index is 5.40. The molecular formula is C8H17NS. The van der Waals surface area contributed by atoms with Gasteiger partial charge in [0.15, 0.2) is 0 Å². The van der Waals surface area contributed by atoms with E-state index in [1.807, 2.05) is 11.8 Å². The molecule has 0 aromatic heterocycles. The first-order valence-electron chi connectivity index (χ1n) is 3.63. The van der Waals surface area contributed by atoms with E-state index in [1.54, 1.807) is 0 Å². The number of thioether (sulfide) groups is 1. The van der Waals surface area contributed by atoms with Crippen LogP contribution in [0.3, 0.4) is 0 Å². The van der Waals surface area contributed by atoms with Gasteiger partial charge in [-0.15, -0.1) is 0 Å². The van der Waals surface area contributed by atoms with Gasteiger partial charge in [-0.05, 0) is 19.9 Å². The summed E-state index contributed by atoms with van der Waals surface area (Å²) >= 11 is 1.93. The summed E-state index contributed by atoms with van der Waals surface area (Å²) in [7, 11) is 0. The van der Waals surface area contributed by atoms with E-state index in [-0.39, 0.29) is 0 Å². The zero-order valence-corrected chi connectivity index (χ0v) is 7.71. The molecule has 0 saturated heterocycles. The topological polar surface area (TPSA) is 26.0 Å². The van der Waals surface area contributed by atoms with Crippen LogP contribution in [-0.4, -0.2) is 17.5 Å². The lowest BCUT2D eigenvalue weighted by atomic mass is 10.3. The first kappa shape index (κ1) is 10.0. The highest BCUT2D eigenvalue weighted by molar-refractivity contribution is 8.00. The van der Waals surface area contributed by atoms with Crippen LogP contribution in [0.5, 0.6) is 0 Å². The Morgan fingerprint density at radius 2 is 2.30 bits per heavy atom. The van der Waals surface area contributed by atoms with Crippen LogP contribution in [0.1, 0.15) is 20.3 Å². The smallest absolute Gasteiger partial charge is 0.0140 e. The SMILES string of the molecule is C=C(C)CSC(C)CCN. The summed E-state index contributed by atoms with van der Waals surface area (Å²) in [4.78, 5) is 0. The molecule has 1 nitrogen and oxygen atoms in total. The third kappa shape index (κ3) is 6.17. The lowest BCUT2D eigenvalue weighted by Gasteiger charge is -2.08. The molecule has 2 N–H and O–H groups in total. The fourth-order valence-corrected chi connectivity index (χ4v) is 1.47. The second kappa shape index (κ2) is 5.81. The van der Waals surface area contributed by atoms with Crippen molar-refractivity contribution >= 4 is 11.8 Å². The van der Waals surface area contributed by atoms with Crippen LogP contribution in [0.25, 0.3) is 0 Å². The molecule has 0 heterocycles. The minimum atomic E-state index is 0.682. The predicted octanol–water partition coefficient (Wildman–Crippen LogP) is 2.03. The molecule has 0 radical (unpaired) electrons. The van der Waals surface area contributed by atoms with Crippen LogP contribution in [0, 0.1) is 0 Å². The minimum absolute atomic E-state index is 0.682. The largest absolute Gasteiger partial charge is 0.330 e. The van der Waals surface area contributed by atoms with Crippen molar-refractivity contribution in [1.82, 2.24) is 0 Å². The molecule has 0 aromatic rings. The molecule has 2 heteroatoms. The number of rotatable bonds is 5. The molecule has 0 aliphatic heterocycles. The molecule has 1 atom stereocenters. The van der Waals surface area contributed by atoms with Gasteiger partial charge in [0.1, 0.15) is 0 Å². The molecule has 0 aliphatic rings. The van der Waals surface area contributed by atoms with Gasteiger partial charge in [-0.1, -0.05) is 19.1 Å². The van der Waals surface area contributed by atoms with Crippen molar-refractivity contribution in [1.29, 1.82) is 0 Å². The van der Waals surface area contributed by atoms with Gasteiger partial charge in [0.05, 0.1) is 0 Å². The monoisotopic (exact) mass is 159 g/mol. The van der Waals surface area contributed by atoms with Crippen molar-refractivity contribution in [2.45, 2.75) is 25.5 Å². The fourth-order valence-electron chi connectivity index (χ4n) is 0.603. The highest BCUT2D eigenvalue weighted by Crippen LogP contribution is 2.15. The van der Waals surface area contributed by atoms with E-state index in [9.17, 15) is 0 Å². The minimum Gasteiger partial charge on any atom is -0.330 e. The maximum Gasteiger partial charge on any atom is 0.0140 e. The number of hydrogen-bond acceptors (Lipinski definition) is 2. The Bertz CT molecular complexity index is 101. The molecule has 60 valence electrons. The van der Waals surface area contributed by atoms with Crippen LogP contribution in [-0.2, 0) is 0 Å². The first-order chi connectivity index (χ1) is 4.66. The van der Waals surface area contributed by atoms with Gasteiger partial charge < -0.3 is 5.73 Å². The lowest BCUT2D eigenvalue weighted by Crippen LogP contribution is -2.07. The fraction of sp³-hybridized carbons (Fsp3) is 0.750. The summed E-state index contributed by atoms with van der Waals surface area (Å²) in [5, 5.41) is 0.682. The van der Waals surface area contributed by atoms with E-state index < -0.39 is 0 Å². The Kier molecular flexibility index (Phi) is 5.84.